The summed E-state index contributed by atoms with van der Waals surface area (Å²) in [7, 11) is 0. The van der Waals surface area contributed by atoms with E-state index in [4.69, 9.17) is 0 Å². The topological polar surface area (TPSA) is 32.4 Å². The molecule has 0 amide bonds. The van der Waals surface area contributed by atoms with E-state index in [1.165, 1.54) is 5.56 Å². The lowest BCUT2D eigenvalue weighted by atomic mass is 9.92. The van der Waals surface area contributed by atoms with E-state index in [-0.39, 0.29) is 0 Å². The molecule has 0 aromatic heterocycles. The fourth-order valence-electron chi connectivity index (χ4n) is 2.37. The molecule has 1 aliphatic heterocycles. The van der Waals surface area contributed by atoms with Crippen LogP contribution < -0.4 is 0 Å². The molecule has 0 N–H and O–H groups in total. The van der Waals surface area contributed by atoms with Crippen LogP contribution in [0.5, 0.6) is 0 Å². The molecule has 0 unspecified atom stereocenters. The molecule has 17 heavy (non-hydrogen) atoms. The maximum absolute atomic E-state index is 12.2. The van der Waals surface area contributed by atoms with Crippen molar-refractivity contribution in [2.45, 2.75) is 45.8 Å². The fourth-order valence-corrected chi connectivity index (χ4v) is 2.37. The molecule has 0 spiro atoms. The summed E-state index contributed by atoms with van der Waals surface area (Å²) in [5, 5.41) is 0. The van der Waals surface area contributed by atoms with Crippen LogP contribution in [0.25, 0.3) is 0 Å². The molecule has 90 valence electrons. The minimum Gasteiger partial charge on any atom is -0.208 e. The van der Waals surface area contributed by atoms with Gasteiger partial charge in [-0.05, 0) is 6.92 Å². The third kappa shape index (κ3) is 1.79. The summed E-state index contributed by atoms with van der Waals surface area (Å²) in [6, 6.07) is 8.17. The Labute approximate surface area is 102 Å². The zero-order valence-corrected chi connectivity index (χ0v) is 11.1. The molecule has 0 bridgehead atoms. The maximum Gasteiger partial charge on any atom is 0.298 e. The number of aryl methyl sites for hydroxylation is 1. The average molecular weight is 231 g/mol. The molecule has 0 saturated carbocycles. The molecule has 1 aliphatic rings. The Bertz CT molecular complexity index is 495. The van der Waals surface area contributed by atoms with E-state index in [1.54, 1.807) is 0 Å². The van der Waals surface area contributed by atoms with Crippen LogP contribution in [0.4, 0.5) is 0 Å². The van der Waals surface area contributed by atoms with E-state index in [9.17, 15) is 4.91 Å². The predicted molar refractivity (Wildman–Crippen MR) is 69.5 cm³/mol. The summed E-state index contributed by atoms with van der Waals surface area (Å²) in [5.41, 5.74) is 1.87. The summed E-state index contributed by atoms with van der Waals surface area (Å²) in [6.45, 7) is 9.60. The van der Waals surface area contributed by atoms with Crippen molar-refractivity contribution in [1.29, 1.82) is 0 Å². The lowest BCUT2D eigenvalue weighted by Gasteiger charge is -2.14. The average Bonchev–Trinajstić information content (AvgIpc) is 2.40. The highest BCUT2D eigenvalue weighted by Crippen LogP contribution is 2.32. The highest BCUT2D eigenvalue weighted by molar-refractivity contribution is 6.07. The van der Waals surface area contributed by atoms with Gasteiger partial charge in [-0.1, -0.05) is 29.8 Å². The Hall–Kier alpha value is -1.51. The molecule has 1 aromatic carbocycles. The number of nitrogens with zero attached hydrogens (tertiary/aromatic N) is 2. The quantitative estimate of drug-likeness (QED) is 0.683. The number of hydrogen-bond donors (Lipinski definition) is 0. The first-order chi connectivity index (χ1) is 7.75. The minimum absolute atomic E-state index is 0.571. The van der Waals surface area contributed by atoms with E-state index in [1.807, 2.05) is 52.0 Å². The van der Waals surface area contributed by atoms with Gasteiger partial charge < -0.3 is 0 Å². The monoisotopic (exact) mass is 231 g/mol. The van der Waals surface area contributed by atoms with Crippen molar-refractivity contribution in [2.75, 3.05) is 0 Å². The van der Waals surface area contributed by atoms with Crippen LogP contribution >= 0.6 is 0 Å². The second-order valence-electron chi connectivity index (χ2n) is 5.67. The van der Waals surface area contributed by atoms with Crippen molar-refractivity contribution >= 4 is 5.71 Å². The summed E-state index contributed by atoms with van der Waals surface area (Å²) in [5.74, 6) is 0. The van der Waals surface area contributed by atoms with Crippen molar-refractivity contribution in [3.8, 4) is 0 Å². The van der Waals surface area contributed by atoms with Gasteiger partial charge in [-0.15, -0.1) is 0 Å². The lowest BCUT2D eigenvalue weighted by Crippen LogP contribution is -2.43. The van der Waals surface area contributed by atoms with Gasteiger partial charge in [-0.2, -0.15) is 0 Å². The third-order valence-corrected chi connectivity index (χ3v) is 3.29. The van der Waals surface area contributed by atoms with E-state index in [0.29, 0.717) is 0 Å². The fraction of sp³-hybridized carbons (Fsp3) is 0.500. The molecular formula is C14H19N2O+. The molecular weight excluding hydrogens is 212 g/mol. The van der Waals surface area contributed by atoms with E-state index >= 15 is 0 Å². The Morgan fingerprint density at radius 1 is 1.06 bits per heavy atom. The van der Waals surface area contributed by atoms with Gasteiger partial charge in [0.2, 0.25) is 5.54 Å². The van der Waals surface area contributed by atoms with Gasteiger partial charge in [0.05, 0.1) is 0 Å². The van der Waals surface area contributed by atoms with E-state index < -0.39 is 11.2 Å². The van der Waals surface area contributed by atoms with Gasteiger partial charge >= 0.3 is 0 Å². The molecule has 0 saturated heterocycles. The Balaban J connectivity index is 2.52. The largest absolute Gasteiger partial charge is 0.298 e. The van der Waals surface area contributed by atoms with E-state index in [0.717, 1.165) is 16.0 Å². The Morgan fingerprint density at radius 2 is 1.59 bits per heavy atom. The van der Waals surface area contributed by atoms with Crippen LogP contribution in [0.1, 0.15) is 38.8 Å². The van der Waals surface area contributed by atoms with Crippen molar-refractivity contribution in [3.63, 3.8) is 0 Å². The van der Waals surface area contributed by atoms with Crippen molar-refractivity contribution in [2.24, 2.45) is 4.99 Å². The summed E-state index contributed by atoms with van der Waals surface area (Å²) < 4.78 is 1.08. The molecule has 2 rings (SSSR count). The van der Waals surface area contributed by atoms with Gasteiger partial charge in [0.25, 0.3) is 5.66 Å². The second kappa shape index (κ2) is 3.49. The highest BCUT2D eigenvalue weighted by atomic mass is 16.3. The highest BCUT2D eigenvalue weighted by Gasteiger charge is 2.56. The number of hydrogen-bond acceptors (Lipinski definition) is 2. The lowest BCUT2D eigenvalue weighted by molar-refractivity contribution is -0.653. The Kier molecular flexibility index (Phi) is 2.45. The number of benzene rings is 1. The van der Waals surface area contributed by atoms with Gasteiger partial charge in [-0.3, -0.25) is 0 Å². The maximum atomic E-state index is 12.2. The number of aliphatic imine (C=N–C) groups is 1. The molecule has 0 radical (unpaired) electrons. The van der Waals surface area contributed by atoms with Crippen molar-refractivity contribution < 1.29 is 4.76 Å². The molecule has 3 heteroatoms. The van der Waals surface area contributed by atoms with Gasteiger partial charge in [0.1, 0.15) is 5.71 Å². The number of nitroso groups, excluding NO2 is 1. The molecule has 1 heterocycles. The van der Waals surface area contributed by atoms with Crippen LogP contribution in [-0.4, -0.2) is 21.7 Å². The second-order valence-corrected chi connectivity index (χ2v) is 5.67. The van der Waals surface area contributed by atoms with Gasteiger partial charge in [0.15, 0.2) is 0 Å². The molecule has 3 nitrogen and oxygen atoms in total. The first-order valence-corrected chi connectivity index (χ1v) is 5.90. The van der Waals surface area contributed by atoms with Crippen LogP contribution in [0.15, 0.2) is 29.3 Å². The van der Waals surface area contributed by atoms with Crippen molar-refractivity contribution in [3.05, 3.63) is 40.3 Å². The van der Waals surface area contributed by atoms with Crippen LogP contribution in [0, 0.1) is 11.8 Å². The standard InChI is InChI=1S/C14H19N2O/c1-10-6-8-11(9-7-10)12-13(2,3)16(17)14(4,5)15-12/h6-9H,1-5H3/q+1. The third-order valence-electron chi connectivity index (χ3n) is 3.29. The normalized spacial score (nSPS) is 21.5. The molecule has 0 atom stereocenters. The van der Waals surface area contributed by atoms with Gasteiger partial charge in [-0.25, -0.2) is 4.99 Å². The zero-order chi connectivity index (χ0) is 12.8. The molecule has 0 fully saturated rings. The first-order valence-electron chi connectivity index (χ1n) is 5.90. The SMILES string of the molecule is Cc1ccc(C2=NC(C)(C)[N+](=O)C2(C)C)cc1. The zero-order valence-electron chi connectivity index (χ0n) is 11.1. The van der Waals surface area contributed by atoms with Crippen molar-refractivity contribution in [1.82, 2.24) is 0 Å². The molecule has 0 aliphatic carbocycles. The summed E-state index contributed by atoms with van der Waals surface area (Å²) >= 11 is 0. The summed E-state index contributed by atoms with van der Waals surface area (Å²) in [4.78, 5) is 16.8. The Morgan fingerprint density at radius 3 is 2.00 bits per heavy atom. The van der Waals surface area contributed by atoms with E-state index in [2.05, 4.69) is 11.9 Å². The first kappa shape index (κ1) is 12.0. The van der Waals surface area contributed by atoms with Crippen LogP contribution in [0.2, 0.25) is 0 Å². The minimum atomic E-state index is -0.677. The summed E-state index contributed by atoms with van der Waals surface area (Å²) in [6.07, 6.45) is 0. The van der Waals surface area contributed by atoms with Gasteiger partial charge in [0, 0.05) is 42.9 Å². The predicted octanol–water partition coefficient (Wildman–Crippen LogP) is 3.09. The van der Waals surface area contributed by atoms with Crippen LogP contribution in [-0.2, 0) is 0 Å². The number of rotatable bonds is 1. The smallest absolute Gasteiger partial charge is 0.208 e. The molecule has 1 aromatic rings. The van der Waals surface area contributed by atoms with Crippen LogP contribution in [0.3, 0.4) is 0 Å².